The van der Waals surface area contributed by atoms with Crippen LogP contribution in [0.1, 0.15) is 5.56 Å². The average molecular weight is 307 g/mol. The number of nitrogen functional groups attached to an aromatic ring is 1. The molecule has 0 aliphatic heterocycles. The smallest absolute Gasteiger partial charge is 0.225 e. The summed E-state index contributed by atoms with van der Waals surface area (Å²) in [7, 11) is 0. The van der Waals surface area contributed by atoms with Crippen LogP contribution in [0, 0.1) is 0 Å². The summed E-state index contributed by atoms with van der Waals surface area (Å²) in [6, 6.07) is 9.23. The van der Waals surface area contributed by atoms with E-state index in [0.29, 0.717) is 29.6 Å². The Labute approximate surface area is 131 Å². The molecule has 0 unspecified atom stereocenters. The van der Waals surface area contributed by atoms with Gasteiger partial charge in [-0.15, -0.1) is 5.10 Å². The normalized spacial score (nSPS) is 11.0. The standard InChI is InChI=1S/C15H13N7O/c16-15-19-12(18-9-10-3-5-17-6-4-10)8-13-20-14(21-22(13)15)11-2-1-7-23-11/h1-8,18H,9H2,(H2,16,19). The maximum absolute atomic E-state index is 5.96. The van der Waals surface area contributed by atoms with E-state index in [2.05, 4.69) is 25.4 Å². The van der Waals surface area contributed by atoms with Gasteiger partial charge in [-0.05, 0) is 29.8 Å². The predicted molar refractivity (Wildman–Crippen MR) is 84.5 cm³/mol. The van der Waals surface area contributed by atoms with Gasteiger partial charge in [-0.25, -0.2) is 4.98 Å². The minimum atomic E-state index is 0.255. The second kappa shape index (κ2) is 5.41. The Morgan fingerprint density at radius 1 is 1.17 bits per heavy atom. The molecule has 0 aromatic carbocycles. The maximum Gasteiger partial charge on any atom is 0.225 e. The van der Waals surface area contributed by atoms with Crippen LogP contribution in [-0.2, 0) is 6.54 Å². The molecule has 114 valence electrons. The van der Waals surface area contributed by atoms with Crippen LogP contribution in [0.15, 0.2) is 53.4 Å². The molecule has 0 bridgehead atoms. The molecule has 0 aliphatic carbocycles. The van der Waals surface area contributed by atoms with Crippen molar-refractivity contribution in [1.29, 1.82) is 0 Å². The molecule has 8 nitrogen and oxygen atoms in total. The van der Waals surface area contributed by atoms with E-state index in [1.54, 1.807) is 36.9 Å². The largest absolute Gasteiger partial charge is 0.461 e. The van der Waals surface area contributed by atoms with Gasteiger partial charge in [-0.3, -0.25) is 4.98 Å². The van der Waals surface area contributed by atoms with Crippen molar-refractivity contribution in [2.75, 3.05) is 11.1 Å². The predicted octanol–water partition coefficient (Wildman–Crippen LogP) is 1.97. The van der Waals surface area contributed by atoms with Gasteiger partial charge in [0, 0.05) is 25.0 Å². The number of nitrogens with one attached hydrogen (secondary N) is 1. The molecule has 4 rings (SSSR count). The SMILES string of the molecule is Nc1nc(NCc2ccncc2)cc2nc(-c3ccco3)nn12. The lowest BCUT2D eigenvalue weighted by Gasteiger charge is -2.06. The topological polar surface area (TPSA) is 107 Å². The second-order valence-electron chi connectivity index (χ2n) is 4.89. The Hall–Kier alpha value is -3.42. The number of fused-ring (bicyclic) bond motifs is 1. The van der Waals surface area contributed by atoms with Gasteiger partial charge in [0.15, 0.2) is 11.4 Å². The highest BCUT2D eigenvalue weighted by Crippen LogP contribution is 2.19. The first-order valence-electron chi connectivity index (χ1n) is 6.99. The van der Waals surface area contributed by atoms with E-state index in [4.69, 9.17) is 10.2 Å². The Morgan fingerprint density at radius 2 is 2.04 bits per heavy atom. The Bertz CT molecular complexity index is 931. The van der Waals surface area contributed by atoms with E-state index < -0.39 is 0 Å². The number of nitrogens with zero attached hydrogens (tertiary/aromatic N) is 5. The summed E-state index contributed by atoms with van der Waals surface area (Å²) in [6.07, 6.45) is 5.07. The number of furan rings is 1. The first kappa shape index (κ1) is 13.3. The van der Waals surface area contributed by atoms with Gasteiger partial charge in [0.05, 0.1) is 6.26 Å². The van der Waals surface area contributed by atoms with E-state index in [0.717, 1.165) is 5.56 Å². The highest BCUT2D eigenvalue weighted by atomic mass is 16.3. The number of aromatic nitrogens is 5. The Morgan fingerprint density at radius 3 is 2.83 bits per heavy atom. The third kappa shape index (κ3) is 2.57. The van der Waals surface area contributed by atoms with Crippen LogP contribution in [0.5, 0.6) is 0 Å². The zero-order valence-corrected chi connectivity index (χ0v) is 12.0. The maximum atomic E-state index is 5.96. The van der Waals surface area contributed by atoms with Gasteiger partial charge in [0.25, 0.3) is 0 Å². The van der Waals surface area contributed by atoms with Gasteiger partial charge >= 0.3 is 0 Å². The fourth-order valence-electron chi connectivity index (χ4n) is 2.21. The molecule has 0 atom stereocenters. The van der Waals surface area contributed by atoms with Gasteiger partial charge in [0.1, 0.15) is 5.82 Å². The van der Waals surface area contributed by atoms with Gasteiger partial charge in [-0.2, -0.15) is 9.50 Å². The summed E-state index contributed by atoms with van der Waals surface area (Å²) in [4.78, 5) is 12.7. The van der Waals surface area contributed by atoms with Crippen molar-refractivity contribution in [2.45, 2.75) is 6.54 Å². The lowest BCUT2D eigenvalue weighted by Crippen LogP contribution is -2.07. The van der Waals surface area contributed by atoms with E-state index in [1.807, 2.05) is 12.1 Å². The van der Waals surface area contributed by atoms with Crippen LogP contribution < -0.4 is 11.1 Å². The third-order valence-electron chi connectivity index (χ3n) is 3.31. The quantitative estimate of drug-likeness (QED) is 0.593. The van der Waals surface area contributed by atoms with E-state index in [-0.39, 0.29) is 5.95 Å². The van der Waals surface area contributed by atoms with Crippen molar-refractivity contribution in [3.8, 4) is 11.6 Å². The Kier molecular flexibility index (Phi) is 3.12. The minimum Gasteiger partial charge on any atom is -0.461 e. The Balaban J connectivity index is 1.64. The molecule has 0 amide bonds. The molecule has 4 heterocycles. The van der Waals surface area contributed by atoms with Crippen LogP contribution in [0.25, 0.3) is 17.2 Å². The number of rotatable bonds is 4. The van der Waals surface area contributed by atoms with E-state index in [9.17, 15) is 0 Å². The monoisotopic (exact) mass is 307 g/mol. The van der Waals surface area contributed by atoms with Crippen molar-refractivity contribution in [3.05, 3.63) is 54.6 Å². The van der Waals surface area contributed by atoms with Crippen molar-refractivity contribution >= 4 is 17.4 Å². The minimum absolute atomic E-state index is 0.255. The number of hydrogen-bond donors (Lipinski definition) is 2. The van der Waals surface area contributed by atoms with Crippen LogP contribution in [0.3, 0.4) is 0 Å². The average Bonchev–Trinajstić information content (AvgIpc) is 3.23. The molecule has 0 radical (unpaired) electrons. The van der Waals surface area contributed by atoms with Gasteiger partial charge < -0.3 is 15.5 Å². The molecule has 4 aromatic heterocycles. The van der Waals surface area contributed by atoms with Crippen LogP contribution in [0.4, 0.5) is 11.8 Å². The van der Waals surface area contributed by atoms with Crippen molar-refractivity contribution in [1.82, 2.24) is 24.6 Å². The zero-order valence-electron chi connectivity index (χ0n) is 12.0. The molecule has 8 heteroatoms. The number of hydrogen-bond acceptors (Lipinski definition) is 7. The van der Waals surface area contributed by atoms with E-state index >= 15 is 0 Å². The van der Waals surface area contributed by atoms with E-state index in [1.165, 1.54) is 4.52 Å². The number of pyridine rings is 1. The molecular formula is C15H13N7O. The van der Waals surface area contributed by atoms with Crippen LogP contribution >= 0.6 is 0 Å². The lowest BCUT2D eigenvalue weighted by atomic mass is 10.3. The molecule has 0 spiro atoms. The van der Waals surface area contributed by atoms with Crippen LogP contribution in [-0.4, -0.2) is 24.6 Å². The molecular weight excluding hydrogens is 294 g/mol. The summed E-state index contributed by atoms with van der Waals surface area (Å²) in [5, 5.41) is 7.52. The highest BCUT2D eigenvalue weighted by molar-refractivity contribution is 5.58. The molecule has 4 aromatic rings. The lowest BCUT2D eigenvalue weighted by molar-refractivity contribution is 0.577. The summed E-state index contributed by atoms with van der Waals surface area (Å²) in [5.41, 5.74) is 7.66. The fourth-order valence-corrected chi connectivity index (χ4v) is 2.21. The summed E-state index contributed by atoms with van der Waals surface area (Å²) in [5.74, 6) is 1.93. The molecule has 0 saturated carbocycles. The zero-order chi connectivity index (χ0) is 15.6. The fraction of sp³-hybridized carbons (Fsp3) is 0.0667. The third-order valence-corrected chi connectivity index (χ3v) is 3.31. The van der Waals surface area contributed by atoms with Gasteiger partial charge in [0.2, 0.25) is 11.8 Å². The molecule has 0 fully saturated rings. The molecule has 3 N–H and O–H groups in total. The molecule has 23 heavy (non-hydrogen) atoms. The van der Waals surface area contributed by atoms with Crippen molar-refractivity contribution < 1.29 is 4.42 Å². The first-order chi connectivity index (χ1) is 11.3. The number of nitrogens with two attached hydrogens (primary N) is 1. The highest BCUT2D eigenvalue weighted by Gasteiger charge is 2.12. The van der Waals surface area contributed by atoms with Gasteiger partial charge in [-0.1, -0.05) is 0 Å². The van der Waals surface area contributed by atoms with Crippen molar-refractivity contribution in [3.63, 3.8) is 0 Å². The van der Waals surface area contributed by atoms with Crippen LogP contribution in [0.2, 0.25) is 0 Å². The molecule has 0 saturated heterocycles. The molecule has 0 aliphatic rings. The summed E-state index contributed by atoms with van der Waals surface area (Å²) < 4.78 is 6.79. The summed E-state index contributed by atoms with van der Waals surface area (Å²) in [6.45, 7) is 0.615. The van der Waals surface area contributed by atoms with Crippen molar-refractivity contribution in [2.24, 2.45) is 0 Å². The first-order valence-corrected chi connectivity index (χ1v) is 6.99. The summed E-state index contributed by atoms with van der Waals surface area (Å²) >= 11 is 0. The number of anilines is 2. The second-order valence-corrected chi connectivity index (χ2v) is 4.89.